The summed E-state index contributed by atoms with van der Waals surface area (Å²) in [6, 6.07) is 11.1. The number of carbonyl (C=O) groups excluding carboxylic acids is 1. The second kappa shape index (κ2) is 9.41. The summed E-state index contributed by atoms with van der Waals surface area (Å²) in [6.45, 7) is 13.0. The van der Waals surface area contributed by atoms with Crippen molar-refractivity contribution in [1.29, 1.82) is 0 Å². The maximum Gasteiger partial charge on any atom is 0.220 e. The molecule has 2 aliphatic rings. The number of amides is 1. The van der Waals surface area contributed by atoms with Crippen LogP contribution in [-0.4, -0.2) is 55.0 Å². The van der Waals surface area contributed by atoms with Crippen LogP contribution in [0.15, 0.2) is 30.3 Å². The second-order valence-electron chi connectivity index (χ2n) is 9.84. The number of piperidine rings is 1. The normalized spacial score (nSPS) is 21.0. The van der Waals surface area contributed by atoms with E-state index >= 15 is 0 Å². The fourth-order valence-electron chi connectivity index (χ4n) is 4.76. The van der Waals surface area contributed by atoms with E-state index in [-0.39, 0.29) is 16.9 Å². The van der Waals surface area contributed by atoms with Gasteiger partial charge in [-0.1, -0.05) is 51.1 Å². The van der Waals surface area contributed by atoms with Crippen molar-refractivity contribution < 1.29 is 4.79 Å². The quantitative estimate of drug-likeness (QED) is 0.770. The highest BCUT2D eigenvalue weighted by molar-refractivity contribution is 5.75. The summed E-state index contributed by atoms with van der Waals surface area (Å²) >= 11 is 0. The molecule has 0 aliphatic carbocycles. The van der Waals surface area contributed by atoms with E-state index in [1.165, 1.54) is 44.3 Å². The average Bonchev–Trinajstić information content (AvgIpc) is 3.23. The Morgan fingerprint density at radius 1 is 1.04 bits per heavy atom. The molecule has 156 valence electrons. The molecule has 0 aromatic heterocycles. The maximum atomic E-state index is 12.1. The molecule has 28 heavy (non-hydrogen) atoms. The van der Waals surface area contributed by atoms with Gasteiger partial charge < -0.3 is 10.2 Å². The number of likely N-dealkylation sites (tertiary alicyclic amines) is 2. The monoisotopic (exact) mass is 385 g/mol. The minimum Gasteiger partial charge on any atom is -0.355 e. The molecule has 0 unspecified atom stereocenters. The number of hydrogen-bond donors (Lipinski definition) is 1. The topological polar surface area (TPSA) is 35.6 Å². The van der Waals surface area contributed by atoms with Crippen molar-refractivity contribution >= 4 is 5.91 Å². The van der Waals surface area contributed by atoms with Crippen LogP contribution < -0.4 is 5.32 Å². The van der Waals surface area contributed by atoms with Gasteiger partial charge in [-0.3, -0.25) is 9.69 Å². The van der Waals surface area contributed by atoms with Crippen molar-refractivity contribution in [1.82, 2.24) is 15.1 Å². The maximum absolute atomic E-state index is 12.1. The van der Waals surface area contributed by atoms with Gasteiger partial charge >= 0.3 is 0 Å². The summed E-state index contributed by atoms with van der Waals surface area (Å²) < 4.78 is 0. The number of carbonyl (C=O) groups is 1. The first-order chi connectivity index (χ1) is 13.4. The first-order valence-corrected chi connectivity index (χ1v) is 11.2. The molecule has 4 heteroatoms. The molecule has 0 bridgehead atoms. The zero-order valence-electron chi connectivity index (χ0n) is 18.2. The van der Waals surface area contributed by atoms with Crippen LogP contribution in [0.3, 0.4) is 0 Å². The third-order valence-electron chi connectivity index (χ3n) is 6.56. The molecule has 1 aromatic carbocycles. The van der Waals surface area contributed by atoms with Crippen LogP contribution in [0.25, 0.3) is 0 Å². The minimum atomic E-state index is 0.197. The predicted octanol–water partition coefficient (Wildman–Crippen LogP) is 4.02. The zero-order valence-corrected chi connectivity index (χ0v) is 18.2. The Kier molecular flexibility index (Phi) is 7.16. The van der Waals surface area contributed by atoms with E-state index in [9.17, 15) is 4.79 Å². The van der Waals surface area contributed by atoms with E-state index in [2.05, 4.69) is 66.2 Å². The summed E-state index contributed by atoms with van der Waals surface area (Å²) in [5.74, 6) is 0.197. The number of nitrogens with one attached hydrogen (secondary N) is 1. The molecule has 2 saturated heterocycles. The lowest BCUT2D eigenvalue weighted by molar-refractivity contribution is -0.121. The van der Waals surface area contributed by atoms with Crippen LogP contribution in [-0.2, 0) is 10.3 Å². The molecule has 2 heterocycles. The average molecular weight is 386 g/mol. The molecule has 0 spiro atoms. The smallest absolute Gasteiger partial charge is 0.220 e. The van der Waals surface area contributed by atoms with Gasteiger partial charge in [0.1, 0.15) is 0 Å². The van der Waals surface area contributed by atoms with Gasteiger partial charge in [0.2, 0.25) is 5.91 Å². The third kappa shape index (κ3) is 5.57. The van der Waals surface area contributed by atoms with Gasteiger partial charge in [-0.05, 0) is 56.2 Å². The molecule has 1 N–H and O–H groups in total. The highest BCUT2D eigenvalue weighted by Crippen LogP contribution is 2.40. The van der Waals surface area contributed by atoms with E-state index < -0.39 is 0 Å². The van der Waals surface area contributed by atoms with Crippen LogP contribution in [0.2, 0.25) is 0 Å². The molecule has 2 fully saturated rings. The SMILES string of the molecule is CC(C)(C)CCC(=O)NCCN1CCC(c2ccccc2)(N2CCCC2)CC1. The number of benzene rings is 1. The van der Waals surface area contributed by atoms with Gasteiger partial charge in [-0.15, -0.1) is 0 Å². The number of nitrogens with zero attached hydrogens (tertiary/aromatic N) is 2. The summed E-state index contributed by atoms with van der Waals surface area (Å²) in [7, 11) is 0. The van der Waals surface area contributed by atoms with E-state index in [1.54, 1.807) is 0 Å². The lowest BCUT2D eigenvalue weighted by atomic mass is 9.79. The summed E-state index contributed by atoms with van der Waals surface area (Å²) in [5.41, 5.74) is 1.93. The largest absolute Gasteiger partial charge is 0.355 e. The first kappa shape index (κ1) is 21.3. The van der Waals surface area contributed by atoms with E-state index in [4.69, 9.17) is 0 Å². The molecule has 1 aromatic rings. The van der Waals surface area contributed by atoms with Gasteiger partial charge in [0.15, 0.2) is 0 Å². The molecular formula is C24H39N3O. The highest BCUT2D eigenvalue weighted by Gasteiger charge is 2.41. The Hall–Kier alpha value is -1.39. The van der Waals surface area contributed by atoms with E-state index in [0.717, 1.165) is 32.6 Å². The Morgan fingerprint density at radius 2 is 1.68 bits per heavy atom. The Morgan fingerprint density at radius 3 is 2.29 bits per heavy atom. The van der Waals surface area contributed by atoms with E-state index in [0.29, 0.717) is 6.42 Å². The number of hydrogen-bond acceptors (Lipinski definition) is 3. The van der Waals surface area contributed by atoms with Crippen molar-refractivity contribution in [3.05, 3.63) is 35.9 Å². The fraction of sp³-hybridized carbons (Fsp3) is 0.708. The fourth-order valence-corrected chi connectivity index (χ4v) is 4.76. The van der Waals surface area contributed by atoms with Crippen molar-refractivity contribution in [3.63, 3.8) is 0 Å². The lowest BCUT2D eigenvalue weighted by Gasteiger charge is -2.48. The molecule has 2 aliphatic heterocycles. The molecule has 4 nitrogen and oxygen atoms in total. The minimum absolute atomic E-state index is 0.197. The molecule has 0 atom stereocenters. The van der Waals surface area contributed by atoms with E-state index in [1.807, 2.05) is 0 Å². The van der Waals surface area contributed by atoms with Crippen LogP contribution in [0.1, 0.15) is 64.9 Å². The lowest BCUT2D eigenvalue weighted by Crippen LogP contribution is -2.53. The summed E-state index contributed by atoms with van der Waals surface area (Å²) in [6.07, 6.45) is 6.62. The summed E-state index contributed by atoms with van der Waals surface area (Å²) in [5, 5.41) is 3.12. The zero-order chi connectivity index (χ0) is 20.0. The van der Waals surface area contributed by atoms with Gasteiger partial charge in [-0.25, -0.2) is 0 Å². The summed E-state index contributed by atoms with van der Waals surface area (Å²) in [4.78, 5) is 17.3. The van der Waals surface area contributed by atoms with Crippen molar-refractivity contribution in [2.45, 2.75) is 64.8 Å². The van der Waals surface area contributed by atoms with Gasteiger partial charge in [0.25, 0.3) is 0 Å². The molecular weight excluding hydrogens is 346 g/mol. The molecule has 3 rings (SSSR count). The Labute approximate surface area is 171 Å². The Balaban J connectivity index is 1.49. The van der Waals surface area contributed by atoms with Crippen molar-refractivity contribution in [3.8, 4) is 0 Å². The van der Waals surface area contributed by atoms with Crippen molar-refractivity contribution in [2.75, 3.05) is 39.3 Å². The third-order valence-corrected chi connectivity index (χ3v) is 6.56. The Bertz CT molecular complexity index is 608. The molecule has 0 saturated carbocycles. The predicted molar refractivity (Wildman–Crippen MR) is 116 cm³/mol. The highest BCUT2D eigenvalue weighted by atomic mass is 16.1. The van der Waals surface area contributed by atoms with Gasteiger partial charge in [0, 0.05) is 38.1 Å². The van der Waals surface area contributed by atoms with Gasteiger partial charge in [-0.2, -0.15) is 0 Å². The standard InChI is InChI=1S/C24H39N3O/c1-23(2,3)12-11-22(28)25-15-20-26-18-13-24(14-19-26,27-16-7-8-17-27)21-9-5-4-6-10-21/h4-6,9-10H,7-8,11-20H2,1-3H3,(H,25,28). The van der Waals surface area contributed by atoms with Crippen LogP contribution in [0.4, 0.5) is 0 Å². The van der Waals surface area contributed by atoms with Crippen LogP contribution >= 0.6 is 0 Å². The van der Waals surface area contributed by atoms with Gasteiger partial charge in [0.05, 0.1) is 0 Å². The first-order valence-electron chi connectivity index (χ1n) is 11.2. The van der Waals surface area contributed by atoms with Crippen LogP contribution in [0.5, 0.6) is 0 Å². The molecule has 0 radical (unpaired) electrons. The number of rotatable bonds is 7. The van der Waals surface area contributed by atoms with Crippen LogP contribution in [0, 0.1) is 5.41 Å². The molecule has 1 amide bonds. The van der Waals surface area contributed by atoms with Crippen molar-refractivity contribution in [2.24, 2.45) is 5.41 Å². The second-order valence-corrected chi connectivity index (χ2v) is 9.84.